The monoisotopic (exact) mass is 194 g/mol. The molecule has 2 atom stereocenters. The number of methoxy groups -OCH3 is 1. The summed E-state index contributed by atoms with van der Waals surface area (Å²) < 4.78 is 8.83. The summed E-state index contributed by atoms with van der Waals surface area (Å²) in [5.41, 5.74) is 0. The average Bonchev–Trinajstić information content (AvgIpc) is 2.04. The molecular formula is C6H10O7. The van der Waals surface area contributed by atoms with Crippen molar-refractivity contribution in [2.75, 3.05) is 13.7 Å². The molecule has 3 N–H and O–H groups in total. The Morgan fingerprint density at radius 2 is 1.92 bits per heavy atom. The van der Waals surface area contributed by atoms with Gasteiger partial charge in [-0.1, -0.05) is 0 Å². The molecule has 0 aromatic rings. The number of carbonyl (C=O) groups is 2. The first-order valence-electron chi connectivity index (χ1n) is 3.26. The van der Waals surface area contributed by atoms with Crippen molar-refractivity contribution in [2.24, 2.45) is 0 Å². The van der Waals surface area contributed by atoms with E-state index in [1.54, 1.807) is 0 Å². The van der Waals surface area contributed by atoms with E-state index < -0.39 is 30.9 Å². The number of hydrogen-bond acceptors (Lipinski definition) is 5. The Kier molecular flexibility index (Phi) is 4.97. The molecule has 0 fully saturated rings. The Hall–Kier alpha value is -1.18. The fourth-order valence-corrected chi connectivity index (χ4v) is 0.558. The molecule has 0 aliphatic rings. The first-order chi connectivity index (χ1) is 5.99. The molecule has 13 heavy (non-hydrogen) atoms. The minimum absolute atomic E-state index is 0.733. The number of aliphatic carboxylic acids is 2. The van der Waals surface area contributed by atoms with Gasteiger partial charge in [-0.05, 0) is 0 Å². The number of aliphatic hydroxyl groups excluding tert-OH is 1. The van der Waals surface area contributed by atoms with Gasteiger partial charge in [0, 0.05) is 7.11 Å². The molecule has 0 rings (SSSR count). The van der Waals surface area contributed by atoms with Gasteiger partial charge in [0.05, 0.1) is 0 Å². The summed E-state index contributed by atoms with van der Waals surface area (Å²) >= 11 is 0. The van der Waals surface area contributed by atoms with Crippen LogP contribution < -0.4 is 0 Å². The molecule has 0 aromatic carbocycles. The predicted molar refractivity (Wildman–Crippen MR) is 38.0 cm³/mol. The van der Waals surface area contributed by atoms with Crippen molar-refractivity contribution in [1.82, 2.24) is 0 Å². The van der Waals surface area contributed by atoms with E-state index in [4.69, 9.17) is 15.3 Å². The number of aliphatic hydroxyl groups is 1. The summed E-state index contributed by atoms with van der Waals surface area (Å²) in [5.74, 6) is -2.82. The van der Waals surface area contributed by atoms with Crippen LogP contribution in [0.2, 0.25) is 0 Å². The van der Waals surface area contributed by atoms with E-state index >= 15 is 0 Å². The maximum Gasteiger partial charge on any atom is 0.337 e. The quantitative estimate of drug-likeness (QED) is 0.441. The van der Waals surface area contributed by atoms with Gasteiger partial charge >= 0.3 is 11.9 Å². The van der Waals surface area contributed by atoms with Crippen LogP contribution >= 0.6 is 0 Å². The number of carboxylic acids is 2. The van der Waals surface area contributed by atoms with Gasteiger partial charge in [-0.25, -0.2) is 9.59 Å². The number of rotatable bonds is 6. The van der Waals surface area contributed by atoms with E-state index in [9.17, 15) is 9.59 Å². The van der Waals surface area contributed by atoms with E-state index in [0.29, 0.717) is 0 Å². The van der Waals surface area contributed by atoms with Crippen LogP contribution in [0, 0.1) is 0 Å². The van der Waals surface area contributed by atoms with Gasteiger partial charge in [0.15, 0.2) is 6.29 Å². The Balaban J connectivity index is 4.02. The fourth-order valence-electron chi connectivity index (χ4n) is 0.558. The van der Waals surface area contributed by atoms with E-state index in [-0.39, 0.29) is 0 Å². The molecule has 0 heterocycles. The molecule has 7 heteroatoms. The highest BCUT2D eigenvalue weighted by atomic mass is 16.7. The Morgan fingerprint density at radius 3 is 2.23 bits per heavy atom. The fraction of sp³-hybridized carbons (Fsp3) is 0.667. The number of carboxylic acid groups (broad SMARTS) is 2. The molecule has 0 saturated carbocycles. The molecule has 0 saturated heterocycles. The first kappa shape index (κ1) is 11.8. The van der Waals surface area contributed by atoms with Crippen LogP contribution in [-0.2, 0) is 19.1 Å². The SMILES string of the molecule is CO[C@H](OCC(=O)O)[C@H](O)C(=O)O. The highest BCUT2D eigenvalue weighted by molar-refractivity contribution is 5.72. The highest BCUT2D eigenvalue weighted by Crippen LogP contribution is 2.00. The summed E-state index contributed by atoms with van der Waals surface area (Å²) in [4.78, 5) is 20.2. The summed E-state index contributed by atoms with van der Waals surface area (Å²) in [7, 11) is 1.10. The lowest BCUT2D eigenvalue weighted by atomic mass is 10.3. The number of hydrogen-bond donors (Lipinski definition) is 3. The zero-order valence-corrected chi connectivity index (χ0v) is 6.84. The van der Waals surface area contributed by atoms with Crippen LogP contribution in [0.3, 0.4) is 0 Å². The molecule has 0 aliphatic heterocycles. The third kappa shape index (κ3) is 4.41. The number of ether oxygens (including phenoxy) is 2. The second-order valence-electron chi connectivity index (χ2n) is 2.09. The third-order valence-corrected chi connectivity index (χ3v) is 1.11. The third-order valence-electron chi connectivity index (χ3n) is 1.11. The van der Waals surface area contributed by atoms with Gasteiger partial charge in [0.25, 0.3) is 0 Å². The second kappa shape index (κ2) is 5.46. The molecule has 7 nitrogen and oxygen atoms in total. The van der Waals surface area contributed by atoms with Gasteiger partial charge in [0.1, 0.15) is 6.61 Å². The van der Waals surface area contributed by atoms with Crippen molar-refractivity contribution in [2.45, 2.75) is 12.4 Å². The molecule has 0 aromatic heterocycles. The van der Waals surface area contributed by atoms with Gasteiger partial charge in [-0.3, -0.25) is 0 Å². The van der Waals surface area contributed by atoms with Crippen LogP contribution in [-0.4, -0.2) is 53.4 Å². The maximum atomic E-state index is 10.2. The Bertz CT molecular complexity index is 189. The highest BCUT2D eigenvalue weighted by Gasteiger charge is 2.26. The predicted octanol–water partition coefficient (Wildman–Crippen LogP) is -1.49. The van der Waals surface area contributed by atoms with Crippen LogP contribution in [0.4, 0.5) is 0 Å². The maximum absolute atomic E-state index is 10.2. The van der Waals surface area contributed by atoms with E-state index in [1.165, 1.54) is 0 Å². The molecule has 76 valence electrons. The normalized spacial score (nSPS) is 14.9. The standard InChI is InChI=1S/C6H10O7/c1-12-6(4(9)5(10)11)13-2-3(7)8/h4,6,9H,2H2,1H3,(H,7,8)(H,10,11)/t4-,6-/m1/s1. The summed E-state index contributed by atoms with van der Waals surface area (Å²) in [5, 5.41) is 25.3. The zero-order chi connectivity index (χ0) is 10.4. The van der Waals surface area contributed by atoms with Crippen molar-refractivity contribution >= 4 is 11.9 Å². The minimum Gasteiger partial charge on any atom is -0.480 e. The summed E-state index contributed by atoms with van der Waals surface area (Å²) in [6, 6.07) is 0. The Morgan fingerprint density at radius 1 is 1.38 bits per heavy atom. The van der Waals surface area contributed by atoms with Gasteiger partial charge in [-0.2, -0.15) is 0 Å². The van der Waals surface area contributed by atoms with Crippen molar-refractivity contribution in [3.8, 4) is 0 Å². The van der Waals surface area contributed by atoms with E-state index in [2.05, 4.69) is 9.47 Å². The molecule has 0 aliphatic carbocycles. The average molecular weight is 194 g/mol. The molecule has 0 spiro atoms. The minimum atomic E-state index is -1.90. The van der Waals surface area contributed by atoms with Gasteiger partial charge < -0.3 is 24.8 Å². The lowest BCUT2D eigenvalue weighted by Crippen LogP contribution is -2.38. The Labute approximate surface area is 73.5 Å². The van der Waals surface area contributed by atoms with Crippen LogP contribution in [0.25, 0.3) is 0 Å². The summed E-state index contributed by atoms with van der Waals surface area (Å²) in [6.07, 6.45) is -3.38. The van der Waals surface area contributed by atoms with Crippen molar-refractivity contribution in [3.63, 3.8) is 0 Å². The zero-order valence-electron chi connectivity index (χ0n) is 6.84. The molecular weight excluding hydrogens is 184 g/mol. The van der Waals surface area contributed by atoms with E-state index in [0.717, 1.165) is 7.11 Å². The van der Waals surface area contributed by atoms with Crippen molar-refractivity contribution in [3.05, 3.63) is 0 Å². The molecule has 0 unspecified atom stereocenters. The lowest BCUT2D eigenvalue weighted by Gasteiger charge is -2.17. The largest absolute Gasteiger partial charge is 0.480 e. The molecule has 0 amide bonds. The topological polar surface area (TPSA) is 113 Å². The van der Waals surface area contributed by atoms with Gasteiger partial charge in [-0.15, -0.1) is 0 Å². The van der Waals surface area contributed by atoms with Crippen LogP contribution in [0.15, 0.2) is 0 Å². The van der Waals surface area contributed by atoms with Crippen LogP contribution in [0.5, 0.6) is 0 Å². The lowest BCUT2D eigenvalue weighted by molar-refractivity contribution is -0.201. The second-order valence-corrected chi connectivity index (χ2v) is 2.09. The summed E-state index contributed by atoms with van der Waals surface area (Å²) in [6.45, 7) is -0.733. The van der Waals surface area contributed by atoms with E-state index in [1.807, 2.05) is 0 Å². The van der Waals surface area contributed by atoms with Crippen molar-refractivity contribution in [1.29, 1.82) is 0 Å². The van der Waals surface area contributed by atoms with Crippen LogP contribution in [0.1, 0.15) is 0 Å². The van der Waals surface area contributed by atoms with Crippen molar-refractivity contribution < 1.29 is 34.4 Å². The smallest absolute Gasteiger partial charge is 0.337 e. The first-order valence-corrected chi connectivity index (χ1v) is 3.26. The molecule has 0 radical (unpaired) electrons. The van der Waals surface area contributed by atoms with Gasteiger partial charge in [0.2, 0.25) is 6.10 Å². The molecule has 0 bridgehead atoms.